The third kappa shape index (κ3) is 1.68. The van der Waals surface area contributed by atoms with Crippen LogP contribution in [0.2, 0.25) is 0 Å². The van der Waals surface area contributed by atoms with Crippen LogP contribution in [0, 0.1) is 0 Å². The van der Waals surface area contributed by atoms with Gasteiger partial charge < -0.3 is 10.2 Å². The molecule has 84 valence electrons. The molecule has 0 amide bonds. The summed E-state index contributed by atoms with van der Waals surface area (Å²) in [6.07, 6.45) is 11.4. The van der Waals surface area contributed by atoms with Crippen LogP contribution in [-0.2, 0) is 6.42 Å². The van der Waals surface area contributed by atoms with Gasteiger partial charge in [-0.25, -0.2) is 0 Å². The smallest absolute Gasteiger partial charge is 0.116 e. The molecule has 0 aliphatic heterocycles. The van der Waals surface area contributed by atoms with Crippen LogP contribution in [0.5, 0.6) is 0 Å². The molecule has 2 aliphatic rings. The molecule has 17 heavy (non-hydrogen) atoms. The van der Waals surface area contributed by atoms with E-state index < -0.39 is 0 Å². The van der Waals surface area contributed by atoms with Gasteiger partial charge in [-0.3, -0.25) is 0 Å². The van der Waals surface area contributed by atoms with Crippen LogP contribution < -0.4 is 10.4 Å². The predicted molar refractivity (Wildman–Crippen MR) is 68.8 cm³/mol. The van der Waals surface area contributed by atoms with E-state index in [-0.39, 0.29) is 5.76 Å². The lowest BCUT2D eigenvalue weighted by atomic mass is 9.95. The van der Waals surface area contributed by atoms with Gasteiger partial charge in [0, 0.05) is 6.42 Å². The summed E-state index contributed by atoms with van der Waals surface area (Å²) < 4.78 is 0. The molecule has 2 nitrogen and oxygen atoms in total. The number of aliphatic hydroxyl groups is 2. The van der Waals surface area contributed by atoms with E-state index in [0.717, 1.165) is 21.6 Å². The molecule has 2 heteroatoms. The minimum absolute atomic E-state index is 0.250. The van der Waals surface area contributed by atoms with Gasteiger partial charge in [0.2, 0.25) is 0 Å². The Bertz CT molecular complexity index is 688. The molecular formula is C15H12O2. The van der Waals surface area contributed by atoms with Gasteiger partial charge in [0.15, 0.2) is 0 Å². The highest BCUT2D eigenvalue weighted by Crippen LogP contribution is 2.13. The van der Waals surface area contributed by atoms with E-state index in [4.69, 9.17) is 0 Å². The van der Waals surface area contributed by atoms with Gasteiger partial charge in [0.05, 0.1) is 5.76 Å². The Balaban J connectivity index is 2.34. The van der Waals surface area contributed by atoms with E-state index in [9.17, 15) is 10.2 Å². The highest BCUT2D eigenvalue weighted by Gasteiger charge is 2.10. The zero-order valence-electron chi connectivity index (χ0n) is 9.22. The summed E-state index contributed by atoms with van der Waals surface area (Å²) in [5, 5.41) is 21.3. The maximum atomic E-state index is 9.61. The topological polar surface area (TPSA) is 40.5 Å². The molecule has 0 saturated heterocycles. The number of benzene rings is 1. The fourth-order valence-corrected chi connectivity index (χ4v) is 2.25. The van der Waals surface area contributed by atoms with Crippen molar-refractivity contribution < 1.29 is 10.2 Å². The Kier molecular flexibility index (Phi) is 2.15. The predicted octanol–water partition coefficient (Wildman–Crippen LogP) is 1.71. The zero-order chi connectivity index (χ0) is 11.8. The Morgan fingerprint density at radius 1 is 0.941 bits per heavy atom. The summed E-state index contributed by atoms with van der Waals surface area (Å²) in [4.78, 5) is 0. The van der Waals surface area contributed by atoms with Gasteiger partial charge in [-0.05, 0) is 39.8 Å². The number of hydrogen-bond acceptors (Lipinski definition) is 2. The first-order valence-electron chi connectivity index (χ1n) is 5.55. The molecule has 2 aliphatic carbocycles. The molecule has 0 fully saturated rings. The van der Waals surface area contributed by atoms with E-state index in [1.807, 2.05) is 30.4 Å². The van der Waals surface area contributed by atoms with E-state index in [1.165, 1.54) is 0 Å². The van der Waals surface area contributed by atoms with Crippen molar-refractivity contribution in [3.8, 4) is 0 Å². The summed E-state index contributed by atoms with van der Waals surface area (Å²) in [6.45, 7) is 0. The maximum Gasteiger partial charge on any atom is 0.116 e. The van der Waals surface area contributed by atoms with E-state index in [1.54, 1.807) is 18.2 Å². The van der Waals surface area contributed by atoms with Crippen LogP contribution in [0.4, 0.5) is 0 Å². The molecule has 1 aromatic rings. The summed E-state index contributed by atoms with van der Waals surface area (Å²) in [5.41, 5.74) is 2.18. The minimum atomic E-state index is 0.250. The van der Waals surface area contributed by atoms with Crippen molar-refractivity contribution in [1.82, 2.24) is 0 Å². The Morgan fingerprint density at radius 3 is 2.65 bits per heavy atom. The summed E-state index contributed by atoms with van der Waals surface area (Å²) >= 11 is 0. The fourth-order valence-electron chi connectivity index (χ4n) is 2.25. The van der Waals surface area contributed by atoms with Crippen molar-refractivity contribution in [3.63, 3.8) is 0 Å². The second-order valence-corrected chi connectivity index (χ2v) is 4.23. The molecule has 0 spiro atoms. The number of aliphatic hydroxyl groups excluding tert-OH is 2. The van der Waals surface area contributed by atoms with Gasteiger partial charge in [-0.1, -0.05) is 30.4 Å². The Morgan fingerprint density at radius 2 is 1.76 bits per heavy atom. The van der Waals surface area contributed by atoms with Crippen molar-refractivity contribution in [3.05, 3.63) is 63.4 Å². The highest BCUT2D eigenvalue weighted by atomic mass is 16.3. The van der Waals surface area contributed by atoms with Crippen LogP contribution in [0.3, 0.4) is 0 Å². The Labute approximate surface area is 98.8 Å². The number of allylic oxidation sites excluding steroid dienone is 5. The molecule has 3 rings (SSSR count). The Hall–Kier alpha value is -2.22. The molecule has 0 radical (unpaired) electrons. The largest absolute Gasteiger partial charge is 0.512 e. The first-order chi connectivity index (χ1) is 8.24. The van der Waals surface area contributed by atoms with Crippen molar-refractivity contribution in [2.75, 3.05) is 0 Å². The van der Waals surface area contributed by atoms with Crippen molar-refractivity contribution >= 4 is 18.2 Å². The molecule has 1 aromatic carbocycles. The minimum Gasteiger partial charge on any atom is -0.512 e. The lowest BCUT2D eigenvalue weighted by Crippen LogP contribution is -2.22. The normalized spacial score (nSPS) is 16.7. The molecule has 0 atom stereocenters. The first kappa shape index (κ1) is 9.97. The SMILES string of the molecule is OC1=CC=Cc2c3c(ccc2=C1)=CC=C(O)C3. The van der Waals surface area contributed by atoms with Gasteiger partial charge in [-0.15, -0.1) is 0 Å². The van der Waals surface area contributed by atoms with Crippen molar-refractivity contribution in [1.29, 1.82) is 0 Å². The van der Waals surface area contributed by atoms with E-state index in [2.05, 4.69) is 0 Å². The van der Waals surface area contributed by atoms with Crippen LogP contribution in [0.15, 0.2) is 41.9 Å². The van der Waals surface area contributed by atoms with Gasteiger partial charge in [-0.2, -0.15) is 0 Å². The van der Waals surface area contributed by atoms with Crippen LogP contribution in [0.1, 0.15) is 11.1 Å². The average molecular weight is 224 g/mol. The molecule has 2 N–H and O–H groups in total. The average Bonchev–Trinajstić information content (AvgIpc) is 2.50. The maximum absolute atomic E-state index is 9.61. The number of fused-ring (bicyclic) bond motifs is 3. The lowest BCUT2D eigenvalue weighted by molar-refractivity contribution is 0.398. The molecule has 0 bridgehead atoms. The third-order valence-corrected chi connectivity index (χ3v) is 3.07. The fraction of sp³-hybridized carbons (Fsp3) is 0.0667. The molecule has 0 aromatic heterocycles. The highest BCUT2D eigenvalue weighted by molar-refractivity contribution is 5.65. The van der Waals surface area contributed by atoms with Crippen LogP contribution in [-0.4, -0.2) is 10.2 Å². The summed E-state index contributed by atoms with van der Waals surface area (Å²) in [6, 6.07) is 4.00. The lowest BCUT2D eigenvalue weighted by Gasteiger charge is -2.11. The summed E-state index contributed by atoms with van der Waals surface area (Å²) in [7, 11) is 0. The van der Waals surface area contributed by atoms with Gasteiger partial charge in [0.25, 0.3) is 0 Å². The van der Waals surface area contributed by atoms with Crippen molar-refractivity contribution in [2.24, 2.45) is 0 Å². The monoisotopic (exact) mass is 224 g/mol. The molecular weight excluding hydrogens is 212 g/mol. The second-order valence-electron chi connectivity index (χ2n) is 4.23. The number of rotatable bonds is 0. The second kappa shape index (κ2) is 3.67. The quantitative estimate of drug-likeness (QED) is 0.704. The number of hydrogen-bond donors (Lipinski definition) is 2. The molecule has 0 heterocycles. The van der Waals surface area contributed by atoms with E-state index in [0.29, 0.717) is 12.2 Å². The standard InChI is InChI=1S/C15H12O2/c16-12-2-1-3-14-11(8-12)5-4-10-6-7-13(17)9-15(10)14/h1-8,16-17H,9H2. The van der Waals surface area contributed by atoms with Crippen LogP contribution in [0.25, 0.3) is 18.2 Å². The third-order valence-electron chi connectivity index (χ3n) is 3.07. The van der Waals surface area contributed by atoms with Gasteiger partial charge in [0.1, 0.15) is 5.76 Å². The van der Waals surface area contributed by atoms with E-state index >= 15 is 0 Å². The zero-order valence-corrected chi connectivity index (χ0v) is 9.22. The molecule has 0 unspecified atom stereocenters. The van der Waals surface area contributed by atoms with Crippen molar-refractivity contribution in [2.45, 2.75) is 6.42 Å². The molecule has 0 saturated carbocycles. The first-order valence-corrected chi connectivity index (χ1v) is 5.55. The summed E-state index contributed by atoms with van der Waals surface area (Å²) in [5.74, 6) is 0.625. The van der Waals surface area contributed by atoms with Gasteiger partial charge >= 0.3 is 0 Å². The van der Waals surface area contributed by atoms with Crippen LogP contribution >= 0.6 is 0 Å².